The van der Waals surface area contributed by atoms with Crippen molar-refractivity contribution < 1.29 is 18.7 Å². The van der Waals surface area contributed by atoms with E-state index in [0.29, 0.717) is 22.6 Å². The van der Waals surface area contributed by atoms with Crippen LogP contribution in [0.15, 0.2) is 63.8 Å². The number of methoxy groups -OCH3 is 2. The van der Waals surface area contributed by atoms with Gasteiger partial charge in [-0.3, -0.25) is 4.79 Å². The molecule has 3 rings (SSSR count). The molecule has 6 heteroatoms. The van der Waals surface area contributed by atoms with Crippen molar-refractivity contribution in [2.75, 3.05) is 14.2 Å². The number of benzene rings is 2. The third-order valence-electron chi connectivity index (χ3n) is 4.03. The fourth-order valence-electron chi connectivity index (χ4n) is 2.57. The highest BCUT2D eigenvalue weighted by Gasteiger charge is 2.20. The molecule has 0 N–H and O–H groups in total. The summed E-state index contributed by atoms with van der Waals surface area (Å²) < 4.78 is 15.4. The maximum Gasteiger partial charge on any atom is 0.355 e. The Morgan fingerprint density at radius 1 is 0.963 bits per heavy atom. The lowest BCUT2D eigenvalue weighted by molar-refractivity contribution is 0.103. The van der Waals surface area contributed by atoms with Crippen LogP contribution >= 0.6 is 0 Å². The van der Waals surface area contributed by atoms with Gasteiger partial charge in [-0.25, -0.2) is 4.79 Å². The SMILES string of the molecule is COc1ccc(C(=O)c2cc(-c3ccc(OC)cc3)oc(=O)c2C#N)cc1. The fraction of sp³-hybridized carbons (Fsp3) is 0.0952. The number of rotatable bonds is 5. The van der Waals surface area contributed by atoms with E-state index in [2.05, 4.69) is 0 Å². The predicted molar refractivity (Wildman–Crippen MR) is 98.1 cm³/mol. The van der Waals surface area contributed by atoms with Crippen molar-refractivity contribution in [1.29, 1.82) is 5.26 Å². The summed E-state index contributed by atoms with van der Waals surface area (Å²) in [7, 11) is 3.07. The first-order valence-electron chi connectivity index (χ1n) is 7.98. The van der Waals surface area contributed by atoms with Crippen LogP contribution in [0.3, 0.4) is 0 Å². The van der Waals surface area contributed by atoms with E-state index in [1.165, 1.54) is 13.2 Å². The third-order valence-corrected chi connectivity index (χ3v) is 4.03. The van der Waals surface area contributed by atoms with Crippen LogP contribution in [-0.4, -0.2) is 20.0 Å². The third kappa shape index (κ3) is 3.58. The average molecular weight is 361 g/mol. The molecule has 0 unspecified atom stereocenters. The molecule has 0 fully saturated rings. The molecule has 6 nitrogen and oxygen atoms in total. The van der Waals surface area contributed by atoms with Crippen molar-refractivity contribution >= 4 is 5.78 Å². The molecule has 1 aromatic heterocycles. The molecule has 27 heavy (non-hydrogen) atoms. The molecule has 1 heterocycles. The number of carbonyl (C=O) groups is 1. The molecular formula is C21H15NO5. The Balaban J connectivity index is 2.10. The van der Waals surface area contributed by atoms with Crippen LogP contribution in [0.25, 0.3) is 11.3 Å². The molecule has 0 bridgehead atoms. The van der Waals surface area contributed by atoms with Crippen molar-refractivity contribution in [3.63, 3.8) is 0 Å². The van der Waals surface area contributed by atoms with Gasteiger partial charge in [0.2, 0.25) is 0 Å². The van der Waals surface area contributed by atoms with Gasteiger partial charge in [-0.15, -0.1) is 0 Å². The Morgan fingerprint density at radius 2 is 1.52 bits per heavy atom. The maximum absolute atomic E-state index is 12.9. The highest BCUT2D eigenvalue weighted by Crippen LogP contribution is 2.24. The molecule has 0 aliphatic carbocycles. The summed E-state index contributed by atoms with van der Waals surface area (Å²) >= 11 is 0. The van der Waals surface area contributed by atoms with Gasteiger partial charge in [0.25, 0.3) is 0 Å². The first kappa shape index (κ1) is 18.0. The fourth-order valence-corrected chi connectivity index (χ4v) is 2.57. The molecular weight excluding hydrogens is 346 g/mol. The van der Waals surface area contributed by atoms with Crippen LogP contribution in [-0.2, 0) is 0 Å². The van der Waals surface area contributed by atoms with Crippen LogP contribution in [0.4, 0.5) is 0 Å². The topological polar surface area (TPSA) is 89.5 Å². The lowest BCUT2D eigenvalue weighted by Crippen LogP contribution is -2.14. The molecule has 0 aliphatic rings. The lowest BCUT2D eigenvalue weighted by atomic mass is 9.98. The van der Waals surface area contributed by atoms with E-state index in [4.69, 9.17) is 13.9 Å². The first-order chi connectivity index (χ1) is 13.1. The second kappa shape index (κ2) is 7.58. The number of nitrogens with zero attached hydrogens (tertiary/aromatic N) is 1. The summed E-state index contributed by atoms with van der Waals surface area (Å²) in [6, 6.07) is 16.4. The van der Waals surface area contributed by atoms with Crippen LogP contribution < -0.4 is 15.1 Å². The summed E-state index contributed by atoms with van der Waals surface area (Å²) in [6.45, 7) is 0. The molecule has 0 saturated carbocycles. The van der Waals surface area contributed by atoms with E-state index in [1.807, 2.05) is 0 Å². The Bertz CT molecular complexity index is 1070. The summed E-state index contributed by atoms with van der Waals surface area (Å²) in [5.74, 6) is 0.984. The minimum Gasteiger partial charge on any atom is -0.497 e. The lowest BCUT2D eigenvalue weighted by Gasteiger charge is -2.07. The van der Waals surface area contributed by atoms with Crippen LogP contribution in [0.5, 0.6) is 11.5 Å². The number of nitriles is 1. The Hall–Kier alpha value is -3.85. The second-order valence-corrected chi connectivity index (χ2v) is 5.58. The van der Waals surface area contributed by atoms with Crippen LogP contribution in [0.2, 0.25) is 0 Å². The molecule has 3 aromatic rings. The van der Waals surface area contributed by atoms with Gasteiger partial charge in [-0.1, -0.05) is 0 Å². The second-order valence-electron chi connectivity index (χ2n) is 5.58. The van der Waals surface area contributed by atoms with Gasteiger partial charge >= 0.3 is 5.63 Å². The van der Waals surface area contributed by atoms with Gasteiger partial charge < -0.3 is 13.9 Å². The Kier molecular flexibility index (Phi) is 5.04. The number of ether oxygens (including phenoxy) is 2. The van der Waals surface area contributed by atoms with Gasteiger partial charge in [0, 0.05) is 11.1 Å². The minimum absolute atomic E-state index is 0.00950. The zero-order chi connectivity index (χ0) is 19.4. The van der Waals surface area contributed by atoms with Crippen molar-refractivity contribution in [3.05, 3.63) is 81.7 Å². The number of carbonyl (C=O) groups excluding carboxylic acids is 1. The summed E-state index contributed by atoms with van der Waals surface area (Å²) in [5, 5.41) is 9.31. The molecule has 0 radical (unpaired) electrons. The van der Waals surface area contributed by atoms with Crippen LogP contribution in [0.1, 0.15) is 21.5 Å². The number of hydrogen-bond acceptors (Lipinski definition) is 6. The quantitative estimate of drug-likeness (QED) is 0.647. The standard InChI is InChI=1S/C21H15NO5/c1-25-15-7-3-13(4-8-15)19-11-17(18(12-22)21(24)27-19)20(23)14-5-9-16(26-2)10-6-14/h3-11H,1-2H3. The van der Waals surface area contributed by atoms with E-state index in [-0.39, 0.29) is 16.9 Å². The van der Waals surface area contributed by atoms with Crippen molar-refractivity contribution in [1.82, 2.24) is 0 Å². The van der Waals surface area contributed by atoms with Gasteiger partial charge in [-0.2, -0.15) is 5.26 Å². The van der Waals surface area contributed by atoms with Crippen molar-refractivity contribution in [3.8, 4) is 28.9 Å². The summed E-state index contributed by atoms with van der Waals surface area (Å²) in [5.41, 5.74) is -0.278. The van der Waals surface area contributed by atoms with Crippen LogP contribution in [0, 0.1) is 11.3 Å². The average Bonchev–Trinajstić information content (AvgIpc) is 2.72. The van der Waals surface area contributed by atoms with E-state index in [1.54, 1.807) is 61.7 Å². The minimum atomic E-state index is -0.859. The normalized spacial score (nSPS) is 10.1. The number of hydrogen-bond donors (Lipinski definition) is 0. The smallest absolute Gasteiger partial charge is 0.355 e. The molecule has 0 atom stereocenters. The summed E-state index contributed by atoms with van der Waals surface area (Å²) in [4.78, 5) is 25.1. The Morgan fingerprint density at radius 3 is 2.04 bits per heavy atom. The first-order valence-corrected chi connectivity index (χ1v) is 7.98. The van der Waals surface area contributed by atoms with Gasteiger partial charge in [-0.05, 0) is 54.6 Å². The van der Waals surface area contributed by atoms with Crippen molar-refractivity contribution in [2.24, 2.45) is 0 Å². The highest BCUT2D eigenvalue weighted by molar-refractivity contribution is 6.10. The van der Waals surface area contributed by atoms with Gasteiger partial charge in [0.05, 0.1) is 19.8 Å². The summed E-state index contributed by atoms with van der Waals surface area (Å²) in [6.07, 6.45) is 0. The molecule has 0 spiro atoms. The molecule has 2 aromatic carbocycles. The predicted octanol–water partition coefficient (Wildman–Crippen LogP) is 3.43. The molecule has 134 valence electrons. The zero-order valence-corrected chi connectivity index (χ0v) is 14.7. The monoisotopic (exact) mass is 361 g/mol. The van der Waals surface area contributed by atoms with E-state index >= 15 is 0 Å². The molecule has 0 amide bonds. The van der Waals surface area contributed by atoms with E-state index in [9.17, 15) is 14.9 Å². The molecule has 0 aliphatic heterocycles. The number of ketones is 1. The van der Waals surface area contributed by atoms with Gasteiger partial charge in [0.15, 0.2) is 5.78 Å². The highest BCUT2D eigenvalue weighted by atomic mass is 16.5. The maximum atomic E-state index is 12.9. The van der Waals surface area contributed by atoms with Gasteiger partial charge in [0.1, 0.15) is 28.9 Å². The zero-order valence-electron chi connectivity index (χ0n) is 14.7. The van der Waals surface area contributed by atoms with Crippen molar-refractivity contribution in [2.45, 2.75) is 0 Å². The molecule has 0 saturated heterocycles. The van der Waals surface area contributed by atoms with E-state index in [0.717, 1.165) is 0 Å². The largest absolute Gasteiger partial charge is 0.497 e. The Labute approximate surface area is 155 Å². The van der Waals surface area contributed by atoms with E-state index < -0.39 is 11.4 Å².